The number of ketones is 1. The molecule has 0 saturated carbocycles. The first-order valence-electron chi connectivity index (χ1n) is 6.49. The zero-order valence-electron chi connectivity index (χ0n) is 11.6. The van der Waals surface area contributed by atoms with Gasteiger partial charge in [-0.1, -0.05) is 18.5 Å². The van der Waals surface area contributed by atoms with Gasteiger partial charge in [0, 0.05) is 6.04 Å². The van der Waals surface area contributed by atoms with Crippen LogP contribution < -0.4 is 10.2 Å². The van der Waals surface area contributed by atoms with E-state index in [1.807, 2.05) is 13.8 Å². The van der Waals surface area contributed by atoms with Gasteiger partial charge in [0.2, 0.25) is 5.91 Å². The summed E-state index contributed by atoms with van der Waals surface area (Å²) in [5.41, 5.74) is 0.0916. The Bertz CT molecular complexity index is 633. The molecule has 0 spiro atoms. The Balaban J connectivity index is 2.27. The number of benzene rings is 1. The molecular weight excluding hydrogens is 299 g/mol. The molecule has 0 saturated heterocycles. The highest BCUT2D eigenvalue weighted by Gasteiger charge is 2.37. The third kappa shape index (κ3) is 2.90. The van der Waals surface area contributed by atoms with Crippen molar-refractivity contribution in [2.24, 2.45) is 0 Å². The molecule has 1 heterocycles. The van der Waals surface area contributed by atoms with Gasteiger partial charge >= 0.3 is 0 Å². The SMILES string of the molecule is CCC(C)NC(=O)CN1C(=O)C(=O)c2cc(Cl)c(F)cc21. The van der Waals surface area contributed by atoms with Gasteiger partial charge in [0.05, 0.1) is 16.3 Å². The van der Waals surface area contributed by atoms with E-state index in [9.17, 15) is 18.8 Å². The molecule has 0 aromatic heterocycles. The number of hydrogen-bond acceptors (Lipinski definition) is 3. The Morgan fingerprint density at radius 1 is 1.43 bits per heavy atom. The molecule has 0 bridgehead atoms. The predicted molar refractivity (Wildman–Crippen MR) is 76.0 cm³/mol. The zero-order valence-corrected chi connectivity index (χ0v) is 12.3. The summed E-state index contributed by atoms with van der Waals surface area (Å²) in [5.74, 6) is -2.80. The highest BCUT2D eigenvalue weighted by molar-refractivity contribution is 6.53. The summed E-state index contributed by atoms with van der Waals surface area (Å²) in [5, 5.41) is 2.45. The van der Waals surface area contributed by atoms with E-state index >= 15 is 0 Å². The fraction of sp³-hybridized carbons (Fsp3) is 0.357. The largest absolute Gasteiger partial charge is 0.352 e. The van der Waals surface area contributed by atoms with Crippen molar-refractivity contribution in [1.29, 1.82) is 0 Å². The maximum absolute atomic E-state index is 13.5. The van der Waals surface area contributed by atoms with Crippen molar-refractivity contribution in [1.82, 2.24) is 5.32 Å². The second kappa shape index (κ2) is 5.81. The molecule has 1 N–H and O–H groups in total. The summed E-state index contributed by atoms with van der Waals surface area (Å²) >= 11 is 5.61. The van der Waals surface area contributed by atoms with E-state index in [-0.39, 0.29) is 28.9 Å². The van der Waals surface area contributed by atoms with Gasteiger partial charge in [-0.15, -0.1) is 0 Å². The molecule has 1 aliphatic heterocycles. The Morgan fingerprint density at radius 3 is 2.71 bits per heavy atom. The molecule has 1 aliphatic rings. The third-order valence-corrected chi connectivity index (χ3v) is 3.62. The van der Waals surface area contributed by atoms with Gasteiger partial charge in [0.15, 0.2) is 0 Å². The third-order valence-electron chi connectivity index (χ3n) is 3.33. The number of nitrogens with zero attached hydrogens (tertiary/aromatic N) is 1. The summed E-state index contributed by atoms with van der Waals surface area (Å²) in [6.07, 6.45) is 0.736. The molecular formula is C14H14ClFN2O3. The fourth-order valence-electron chi connectivity index (χ4n) is 2.01. The van der Waals surface area contributed by atoms with Crippen LogP contribution in [0.3, 0.4) is 0 Å². The lowest BCUT2D eigenvalue weighted by Gasteiger charge is -2.18. The van der Waals surface area contributed by atoms with Crippen LogP contribution in [0.2, 0.25) is 5.02 Å². The monoisotopic (exact) mass is 312 g/mol. The van der Waals surface area contributed by atoms with Crippen molar-refractivity contribution in [2.45, 2.75) is 26.3 Å². The second-order valence-electron chi connectivity index (χ2n) is 4.88. The van der Waals surface area contributed by atoms with Crippen LogP contribution in [-0.2, 0) is 9.59 Å². The van der Waals surface area contributed by atoms with Gasteiger partial charge in [-0.2, -0.15) is 0 Å². The first-order chi connectivity index (χ1) is 9.85. The normalized spacial score (nSPS) is 15.1. The summed E-state index contributed by atoms with van der Waals surface area (Å²) in [6.45, 7) is 3.40. The Morgan fingerprint density at radius 2 is 2.10 bits per heavy atom. The van der Waals surface area contributed by atoms with Crippen LogP contribution in [0, 0.1) is 5.82 Å². The average molecular weight is 313 g/mol. The summed E-state index contributed by atoms with van der Waals surface area (Å²) in [6, 6.07) is 2.06. The molecule has 1 aromatic carbocycles. The lowest BCUT2D eigenvalue weighted by molar-refractivity contribution is -0.122. The number of Topliss-reactive ketones (excluding diaryl/α,β-unsaturated/α-hetero) is 1. The highest BCUT2D eigenvalue weighted by atomic mass is 35.5. The molecule has 0 aliphatic carbocycles. The van der Waals surface area contributed by atoms with Crippen LogP contribution in [0.1, 0.15) is 30.6 Å². The lowest BCUT2D eigenvalue weighted by Crippen LogP contribution is -2.42. The summed E-state index contributed by atoms with van der Waals surface area (Å²) in [7, 11) is 0. The first-order valence-corrected chi connectivity index (χ1v) is 6.87. The van der Waals surface area contributed by atoms with Crippen molar-refractivity contribution in [3.8, 4) is 0 Å². The molecule has 1 aromatic rings. The molecule has 1 atom stereocenters. The van der Waals surface area contributed by atoms with Crippen LogP contribution in [0.4, 0.5) is 10.1 Å². The van der Waals surface area contributed by atoms with Crippen LogP contribution in [0.25, 0.3) is 0 Å². The molecule has 2 rings (SSSR count). The molecule has 21 heavy (non-hydrogen) atoms. The highest BCUT2D eigenvalue weighted by Crippen LogP contribution is 2.32. The maximum atomic E-state index is 13.5. The number of carbonyl (C=O) groups excluding carboxylic acids is 3. The minimum absolute atomic E-state index is 0.0164. The van der Waals surface area contributed by atoms with Crippen molar-refractivity contribution in [3.05, 3.63) is 28.5 Å². The van der Waals surface area contributed by atoms with E-state index in [2.05, 4.69) is 5.32 Å². The van der Waals surface area contributed by atoms with E-state index in [1.165, 1.54) is 0 Å². The van der Waals surface area contributed by atoms with Gasteiger partial charge in [-0.25, -0.2) is 4.39 Å². The van der Waals surface area contributed by atoms with Gasteiger partial charge in [0.1, 0.15) is 12.4 Å². The van der Waals surface area contributed by atoms with Crippen molar-refractivity contribution < 1.29 is 18.8 Å². The minimum Gasteiger partial charge on any atom is -0.352 e. The second-order valence-corrected chi connectivity index (χ2v) is 5.29. The molecule has 7 heteroatoms. The molecule has 0 fully saturated rings. The summed E-state index contributed by atoms with van der Waals surface area (Å²) < 4.78 is 13.5. The Kier molecular flexibility index (Phi) is 4.27. The lowest BCUT2D eigenvalue weighted by atomic mass is 10.1. The van der Waals surface area contributed by atoms with Crippen LogP contribution in [0.5, 0.6) is 0 Å². The van der Waals surface area contributed by atoms with Crippen molar-refractivity contribution in [3.63, 3.8) is 0 Å². The van der Waals surface area contributed by atoms with Gasteiger partial charge < -0.3 is 5.32 Å². The number of anilines is 1. The van der Waals surface area contributed by atoms with E-state index in [0.717, 1.165) is 23.5 Å². The standard InChI is InChI=1S/C14H14ClFN2O3/c1-3-7(2)17-12(19)6-18-11-5-10(16)9(15)4-8(11)13(20)14(18)21/h4-5,7H,3,6H2,1-2H3,(H,17,19). The average Bonchev–Trinajstić information content (AvgIpc) is 2.65. The number of halogens is 2. The van der Waals surface area contributed by atoms with Gasteiger partial charge in [-0.05, 0) is 25.5 Å². The van der Waals surface area contributed by atoms with Gasteiger partial charge in [0.25, 0.3) is 11.7 Å². The Hall–Kier alpha value is -1.95. The number of nitrogens with one attached hydrogen (secondary N) is 1. The van der Waals surface area contributed by atoms with Crippen molar-refractivity contribution >= 4 is 34.9 Å². The van der Waals surface area contributed by atoms with Crippen molar-refractivity contribution in [2.75, 3.05) is 11.4 Å². The fourth-order valence-corrected chi connectivity index (χ4v) is 2.18. The van der Waals surface area contributed by atoms with Crippen LogP contribution >= 0.6 is 11.6 Å². The molecule has 112 valence electrons. The topological polar surface area (TPSA) is 66.5 Å². The molecule has 1 unspecified atom stereocenters. The predicted octanol–water partition coefficient (Wildman–Crippen LogP) is 1.92. The van der Waals surface area contributed by atoms with Gasteiger partial charge in [-0.3, -0.25) is 19.3 Å². The minimum atomic E-state index is -0.856. The zero-order chi connectivity index (χ0) is 15.7. The number of fused-ring (bicyclic) bond motifs is 1. The quantitative estimate of drug-likeness (QED) is 0.864. The van der Waals surface area contributed by atoms with E-state index in [1.54, 1.807) is 0 Å². The Labute approximate surface area is 126 Å². The van der Waals surface area contributed by atoms with Crippen LogP contribution in [0.15, 0.2) is 12.1 Å². The number of amides is 2. The maximum Gasteiger partial charge on any atom is 0.299 e. The first kappa shape index (κ1) is 15.4. The van der Waals surface area contributed by atoms with E-state index < -0.39 is 23.4 Å². The van der Waals surface area contributed by atoms with E-state index in [4.69, 9.17) is 11.6 Å². The summed E-state index contributed by atoms with van der Waals surface area (Å²) in [4.78, 5) is 36.5. The molecule has 0 radical (unpaired) electrons. The molecule has 5 nitrogen and oxygen atoms in total. The molecule has 2 amide bonds. The van der Waals surface area contributed by atoms with Crippen LogP contribution in [-0.4, -0.2) is 30.2 Å². The number of rotatable bonds is 4. The smallest absolute Gasteiger partial charge is 0.299 e. The number of hydrogen-bond donors (Lipinski definition) is 1. The van der Waals surface area contributed by atoms with E-state index in [0.29, 0.717) is 0 Å². The number of carbonyl (C=O) groups is 3.